The van der Waals surface area contributed by atoms with Gasteiger partial charge in [0.15, 0.2) is 5.54 Å². The molecule has 31 heavy (non-hydrogen) atoms. The number of benzene rings is 2. The number of fused-ring (bicyclic) bond motifs is 3. The number of rotatable bonds is 6. The molecule has 164 valence electrons. The van der Waals surface area contributed by atoms with E-state index in [0.29, 0.717) is 16.9 Å². The Bertz CT molecular complexity index is 1150. The quantitative estimate of drug-likeness (QED) is 0.687. The van der Waals surface area contributed by atoms with Gasteiger partial charge >= 0.3 is 5.97 Å². The number of nitrogens with zero attached hydrogens (tertiary/aromatic N) is 2. The number of carboxylic acid groups (broad SMARTS) is 1. The molecule has 0 spiro atoms. The van der Waals surface area contributed by atoms with Crippen molar-refractivity contribution in [2.45, 2.75) is 35.7 Å². The lowest BCUT2D eigenvalue weighted by Gasteiger charge is -2.41. The van der Waals surface area contributed by atoms with Crippen LogP contribution in [0.4, 0.5) is 4.48 Å². The summed E-state index contributed by atoms with van der Waals surface area (Å²) in [5.41, 5.74) is -1.20. The number of halogens is 1. The van der Waals surface area contributed by atoms with Gasteiger partial charge in [-0.25, -0.2) is 8.42 Å². The first kappa shape index (κ1) is 20.4. The van der Waals surface area contributed by atoms with Crippen LogP contribution in [0.25, 0.3) is 0 Å². The lowest BCUT2D eigenvalue weighted by molar-refractivity contribution is -0.149. The van der Waals surface area contributed by atoms with E-state index in [4.69, 9.17) is 4.74 Å². The van der Waals surface area contributed by atoms with Crippen molar-refractivity contribution < 1.29 is 27.5 Å². The van der Waals surface area contributed by atoms with Crippen molar-refractivity contribution in [3.8, 4) is 5.75 Å². The predicted octanol–water partition coefficient (Wildman–Crippen LogP) is 2.96. The Balaban J connectivity index is 1.57. The molecule has 2 aromatic carbocycles. The van der Waals surface area contributed by atoms with E-state index < -0.39 is 37.9 Å². The molecule has 1 saturated carbocycles. The number of sulfonamides is 1. The van der Waals surface area contributed by atoms with Crippen LogP contribution < -0.4 is 4.74 Å². The van der Waals surface area contributed by atoms with Crippen LogP contribution in [0.2, 0.25) is 0 Å². The van der Waals surface area contributed by atoms with E-state index in [0.717, 1.165) is 19.5 Å². The zero-order chi connectivity index (χ0) is 22.0. The molecule has 4 atom stereocenters. The Kier molecular flexibility index (Phi) is 4.62. The molecule has 5 rings (SSSR count). The molecule has 0 radical (unpaired) electrons. The van der Waals surface area contributed by atoms with Gasteiger partial charge in [0.1, 0.15) is 5.75 Å². The molecule has 9 heteroatoms. The molecular formula is C22H23FN2O5S. The first-order valence-corrected chi connectivity index (χ1v) is 11.8. The summed E-state index contributed by atoms with van der Waals surface area (Å²) in [7, 11) is -4.72. The predicted molar refractivity (Wildman–Crippen MR) is 110 cm³/mol. The van der Waals surface area contributed by atoms with E-state index in [1.165, 1.54) is 12.1 Å². The average Bonchev–Trinajstić information content (AvgIpc) is 3.44. The van der Waals surface area contributed by atoms with Gasteiger partial charge in [0, 0.05) is 30.0 Å². The fourth-order valence-corrected chi connectivity index (χ4v) is 6.87. The minimum Gasteiger partial charge on any atom is -0.493 e. The fraction of sp³-hybridized carbons (Fsp3) is 0.409. The molecule has 2 heterocycles. The third-order valence-electron chi connectivity index (χ3n) is 6.94. The lowest BCUT2D eigenvalue weighted by Crippen LogP contribution is -2.46. The Morgan fingerprint density at radius 2 is 1.90 bits per heavy atom. The molecule has 1 aliphatic carbocycles. The van der Waals surface area contributed by atoms with Crippen molar-refractivity contribution in [3.63, 3.8) is 0 Å². The zero-order valence-electron chi connectivity index (χ0n) is 16.9. The molecule has 4 unspecified atom stereocenters. The number of para-hydroxylation sites is 1. The maximum atomic E-state index is 15.9. The number of carboxylic acids is 1. The van der Waals surface area contributed by atoms with Crippen LogP contribution in [-0.4, -0.2) is 54.2 Å². The minimum absolute atomic E-state index is 0.0577. The SMILES string of the molecule is CCN1CCC1c1ccccc1S(=O)(=O)N(F)C1(C(=O)O)C2COc3ccccc3C21. The van der Waals surface area contributed by atoms with Gasteiger partial charge < -0.3 is 9.84 Å². The summed E-state index contributed by atoms with van der Waals surface area (Å²) in [6, 6.07) is 12.9. The summed E-state index contributed by atoms with van der Waals surface area (Å²) in [4.78, 5) is 14.3. The van der Waals surface area contributed by atoms with Gasteiger partial charge in [-0.2, -0.15) is 0 Å². The van der Waals surface area contributed by atoms with Crippen molar-refractivity contribution >= 4 is 16.0 Å². The summed E-state index contributed by atoms with van der Waals surface area (Å²) in [6.07, 6.45) is 0.767. The summed E-state index contributed by atoms with van der Waals surface area (Å²) < 4.78 is 48.0. The van der Waals surface area contributed by atoms with E-state index in [2.05, 4.69) is 4.90 Å². The number of aliphatic carboxylic acids is 1. The lowest BCUT2D eigenvalue weighted by atomic mass is 9.95. The second-order valence-electron chi connectivity index (χ2n) is 8.25. The van der Waals surface area contributed by atoms with Crippen LogP contribution in [-0.2, 0) is 14.8 Å². The van der Waals surface area contributed by atoms with E-state index in [-0.39, 0.29) is 17.5 Å². The van der Waals surface area contributed by atoms with E-state index >= 15 is 4.48 Å². The monoisotopic (exact) mass is 446 g/mol. The van der Waals surface area contributed by atoms with Crippen LogP contribution >= 0.6 is 0 Å². The normalized spacial score (nSPS) is 29.5. The van der Waals surface area contributed by atoms with Crippen LogP contribution in [0.3, 0.4) is 0 Å². The van der Waals surface area contributed by atoms with Crippen molar-refractivity contribution in [1.29, 1.82) is 0 Å². The molecule has 2 aromatic rings. The molecule has 2 aliphatic heterocycles. The van der Waals surface area contributed by atoms with Crippen molar-refractivity contribution in [2.24, 2.45) is 5.92 Å². The first-order valence-electron chi connectivity index (χ1n) is 10.3. The third kappa shape index (κ3) is 2.69. The molecule has 1 N–H and O–H groups in total. The average molecular weight is 447 g/mol. The van der Waals surface area contributed by atoms with Crippen LogP contribution in [0.15, 0.2) is 53.4 Å². The number of hydrogen-bond acceptors (Lipinski definition) is 5. The van der Waals surface area contributed by atoms with Gasteiger partial charge in [-0.1, -0.05) is 43.3 Å². The van der Waals surface area contributed by atoms with Gasteiger partial charge in [-0.05, 0) is 35.2 Å². The largest absolute Gasteiger partial charge is 0.493 e. The molecular weight excluding hydrogens is 423 g/mol. The first-order chi connectivity index (χ1) is 14.8. The van der Waals surface area contributed by atoms with Gasteiger partial charge in [-0.15, -0.1) is 4.48 Å². The third-order valence-corrected chi connectivity index (χ3v) is 8.59. The highest BCUT2D eigenvalue weighted by atomic mass is 32.2. The standard InChI is InChI=1S/C22H23FN2O5S/c1-2-24-12-11-17(24)14-7-4-6-10-19(14)31(28,29)25(23)22(21(26)27)16-13-30-18-9-5-3-8-15(18)20(16)22/h3-10,16-17,20H,2,11-13H2,1H3,(H,26,27). The number of ether oxygens (including phenoxy) is 1. The molecule has 3 aliphatic rings. The molecule has 0 aromatic heterocycles. The van der Waals surface area contributed by atoms with E-state index in [1.54, 1.807) is 36.4 Å². The van der Waals surface area contributed by atoms with Crippen LogP contribution in [0, 0.1) is 5.92 Å². The summed E-state index contributed by atoms with van der Waals surface area (Å²) >= 11 is 0. The molecule has 0 amide bonds. The van der Waals surface area contributed by atoms with Gasteiger partial charge in [-0.3, -0.25) is 9.69 Å². The summed E-state index contributed by atoms with van der Waals surface area (Å²) in [6.45, 7) is 3.51. The highest BCUT2D eigenvalue weighted by Gasteiger charge is 2.79. The maximum absolute atomic E-state index is 15.9. The highest BCUT2D eigenvalue weighted by molar-refractivity contribution is 7.89. The van der Waals surface area contributed by atoms with Gasteiger partial charge in [0.2, 0.25) is 0 Å². The number of likely N-dealkylation sites (tertiary alicyclic amines) is 1. The second-order valence-corrected chi connectivity index (χ2v) is 9.96. The Hall–Kier alpha value is -2.49. The number of hydrogen-bond donors (Lipinski definition) is 1. The molecule has 2 fully saturated rings. The summed E-state index contributed by atoms with van der Waals surface area (Å²) in [5, 5.41) is 10.0. The number of carbonyl (C=O) groups is 1. The van der Waals surface area contributed by atoms with E-state index in [1.807, 2.05) is 6.92 Å². The van der Waals surface area contributed by atoms with E-state index in [9.17, 15) is 18.3 Å². The molecule has 1 saturated heterocycles. The topological polar surface area (TPSA) is 87.2 Å². The van der Waals surface area contributed by atoms with Crippen molar-refractivity contribution in [1.82, 2.24) is 9.43 Å². The van der Waals surface area contributed by atoms with Crippen LogP contribution in [0.5, 0.6) is 5.75 Å². The Morgan fingerprint density at radius 3 is 2.55 bits per heavy atom. The van der Waals surface area contributed by atoms with Crippen molar-refractivity contribution in [2.75, 3.05) is 19.7 Å². The highest BCUT2D eigenvalue weighted by Crippen LogP contribution is 2.66. The van der Waals surface area contributed by atoms with Gasteiger partial charge in [0.25, 0.3) is 10.0 Å². The fourth-order valence-electron chi connectivity index (χ4n) is 5.22. The smallest absolute Gasteiger partial charge is 0.329 e. The molecule has 0 bridgehead atoms. The van der Waals surface area contributed by atoms with Crippen LogP contribution in [0.1, 0.15) is 36.4 Å². The van der Waals surface area contributed by atoms with Crippen molar-refractivity contribution in [3.05, 3.63) is 59.7 Å². The Morgan fingerprint density at radius 1 is 1.23 bits per heavy atom. The maximum Gasteiger partial charge on any atom is 0.329 e. The van der Waals surface area contributed by atoms with Gasteiger partial charge in [0.05, 0.1) is 11.5 Å². The molecule has 7 nitrogen and oxygen atoms in total. The Labute approximate surface area is 180 Å². The summed E-state index contributed by atoms with van der Waals surface area (Å²) in [5.74, 6) is -2.66. The second kappa shape index (κ2) is 7.01. The zero-order valence-corrected chi connectivity index (χ0v) is 17.8. The minimum atomic E-state index is -4.72.